The van der Waals surface area contributed by atoms with E-state index in [0.717, 1.165) is 43.9 Å². The minimum absolute atomic E-state index is 0.0380. The monoisotopic (exact) mass is 437 g/mol. The summed E-state index contributed by atoms with van der Waals surface area (Å²) in [6, 6.07) is 12.9. The maximum Gasteiger partial charge on any atom is 0.255 e. The molecule has 32 heavy (non-hydrogen) atoms. The van der Waals surface area contributed by atoms with Gasteiger partial charge >= 0.3 is 0 Å². The number of methoxy groups -OCH3 is 2. The summed E-state index contributed by atoms with van der Waals surface area (Å²) in [7, 11) is 3.18. The van der Waals surface area contributed by atoms with Gasteiger partial charge in [-0.1, -0.05) is 31.2 Å². The number of piperazine rings is 1. The maximum absolute atomic E-state index is 13.3. The average molecular weight is 438 g/mol. The Labute approximate surface area is 189 Å². The van der Waals surface area contributed by atoms with E-state index in [4.69, 9.17) is 9.47 Å². The van der Waals surface area contributed by atoms with Crippen LogP contribution in [-0.4, -0.2) is 73.5 Å². The molecule has 2 aromatic carbocycles. The van der Waals surface area contributed by atoms with Gasteiger partial charge in [-0.15, -0.1) is 0 Å². The SMILES string of the molecule is CCN1CCN(C(=O)C[C@H](c2ccc(OC)c(OC)c2)N2Cc3ccccc3C2=O)CC1. The normalized spacial score (nSPS) is 17.3. The fraction of sp³-hybridized carbons (Fsp3) is 0.440. The molecule has 2 aliphatic heterocycles. The van der Waals surface area contributed by atoms with Crippen molar-refractivity contribution in [3.8, 4) is 11.5 Å². The van der Waals surface area contributed by atoms with Crippen molar-refractivity contribution in [1.82, 2.24) is 14.7 Å². The number of rotatable bonds is 7. The number of ether oxygens (including phenoxy) is 2. The van der Waals surface area contributed by atoms with Crippen LogP contribution in [0.15, 0.2) is 42.5 Å². The Morgan fingerprint density at radius 1 is 1.00 bits per heavy atom. The second-order valence-corrected chi connectivity index (χ2v) is 8.24. The molecule has 4 rings (SSSR count). The van der Waals surface area contributed by atoms with E-state index >= 15 is 0 Å². The van der Waals surface area contributed by atoms with Gasteiger partial charge in [-0.25, -0.2) is 0 Å². The average Bonchev–Trinajstić information content (AvgIpc) is 3.18. The number of hydrogen-bond donors (Lipinski definition) is 0. The topological polar surface area (TPSA) is 62.3 Å². The molecular formula is C25H31N3O4. The molecule has 0 saturated carbocycles. The molecule has 0 spiro atoms. The van der Waals surface area contributed by atoms with Crippen molar-refractivity contribution in [1.29, 1.82) is 0 Å². The predicted molar refractivity (Wildman–Crippen MR) is 122 cm³/mol. The van der Waals surface area contributed by atoms with E-state index in [2.05, 4.69) is 11.8 Å². The number of hydrogen-bond acceptors (Lipinski definition) is 5. The summed E-state index contributed by atoms with van der Waals surface area (Å²) in [4.78, 5) is 32.7. The van der Waals surface area contributed by atoms with E-state index in [0.29, 0.717) is 23.6 Å². The van der Waals surface area contributed by atoms with Crippen LogP contribution < -0.4 is 9.47 Å². The van der Waals surface area contributed by atoms with Crippen molar-refractivity contribution in [3.63, 3.8) is 0 Å². The molecule has 2 amide bonds. The zero-order valence-electron chi connectivity index (χ0n) is 19.0. The van der Waals surface area contributed by atoms with Crippen LogP contribution in [0, 0.1) is 0 Å². The number of carbonyl (C=O) groups excluding carboxylic acids is 2. The third-order valence-electron chi connectivity index (χ3n) is 6.56. The summed E-state index contributed by atoms with van der Waals surface area (Å²) < 4.78 is 10.9. The molecule has 0 aliphatic carbocycles. The van der Waals surface area contributed by atoms with E-state index in [1.807, 2.05) is 52.3 Å². The van der Waals surface area contributed by atoms with Gasteiger partial charge < -0.3 is 24.2 Å². The Morgan fingerprint density at radius 3 is 2.38 bits per heavy atom. The molecule has 0 radical (unpaired) electrons. The largest absolute Gasteiger partial charge is 0.493 e. The minimum Gasteiger partial charge on any atom is -0.493 e. The summed E-state index contributed by atoms with van der Waals surface area (Å²) in [6.45, 7) is 6.84. The van der Waals surface area contributed by atoms with E-state index in [1.54, 1.807) is 14.2 Å². The van der Waals surface area contributed by atoms with Crippen LogP contribution in [0.1, 0.15) is 40.9 Å². The number of likely N-dealkylation sites (N-methyl/N-ethyl adjacent to an activating group) is 1. The summed E-state index contributed by atoms with van der Waals surface area (Å²) >= 11 is 0. The number of nitrogens with zero attached hydrogens (tertiary/aromatic N) is 3. The van der Waals surface area contributed by atoms with E-state index in [9.17, 15) is 9.59 Å². The standard InChI is InChI=1S/C25H31N3O4/c1-4-26-11-13-27(14-12-26)24(29)16-21(18-9-10-22(31-2)23(15-18)32-3)28-17-19-7-5-6-8-20(19)25(28)30/h5-10,15,21H,4,11-14,16-17H2,1-3H3/t21-/m1/s1. The smallest absolute Gasteiger partial charge is 0.255 e. The highest BCUT2D eigenvalue weighted by atomic mass is 16.5. The minimum atomic E-state index is -0.383. The highest BCUT2D eigenvalue weighted by Gasteiger charge is 2.36. The lowest BCUT2D eigenvalue weighted by Crippen LogP contribution is -2.49. The van der Waals surface area contributed by atoms with Crippen LogP contribution in [0.4, 0.5) is 0 Å². The van der Waals surface area contributed by atoms with Gasteiger partial charge in [-0.2, -0.15) is 0 Å². The van der Waals surface area contributed by atoms with Crippen LogP contribution in [0.2, 0.25) is 0 Å². The Bertz CT molecular complexity index is 985. The lowest BCUT2D eigenvalue weighted by atomic mass is 10.00. The number of carbonyl (C=O) groups is 2. The molecule has 1 atom stereocenters. The summed E-state index contributed by atoms with van der Waals surface area (Å²) in [6.07, 6.45) is 0.237. The molecule has 2 aromatic rings. The zero-order chi connectivity index (χ0) is 22.7. The molecule has 1 fully saturated rings. The Kier molecular flexibility index (Phi) is 6.65. The highest BCUT2D eigenvalue weighted by molar-refractivity contribution is 5.98. The van der Waals surface area contributed by atoms with Crippen molar-refractivity contribution < 1.29 is 19.1 Å². The summed E-state index contributed by atoms with van der Waals surface area (Å²) in [5.74, 6) is 1.24. The molecule has 0 unspecified atom stereocenters. The van der Waals surface area contributed by atoms with Gasteiger partial charge in [0.05, 0.1) is 26.7 Å². The number of amides is 2. The van der Waals surface area contributed by atoms with Crippen LogP contribution in [-0.2, 0) is 11.3 Å². The van der Waals surface area contributed by atoms with Gasteiger partial charge in [-0.3, -0.25) is 9.59 Å². The van der Waals surface area contributed by atoms with Gasteiger partial charge in [0, 0.05) is 38.3 Å². The number of benzene rings is 2. The van der Waals surface area contributed by atoms with Crippen molar-refractivity contribution >= 4 is 11.8 Å². The summed E-state index contributed by atoms with van der Waals surface area (Å²) in [5.41, 5.74) is 2.57. The van der Waals surface area contributed by atoms with Crippen LogP contribution >= 0.6 is 0 Å². The second-order valence-electron chi connectivity index (χ2n) is 8.24. The molecule has 0 aromatic heterocycles. The van der Waals surface area contributed by atoms with Gasteiger partial charge in [0.2, 0.25) is 5.91 Å². The van der Waals surface area contributed by atoms with Crippen molar-refractivity contribution in [2.24, 2.45) is 0 Å². The van der Waals surface area contributed by atoms with Gasteiger partial charge in [0.25, 0.3) is 5.91 Å². The maximum atomic E-state index is 13.3. The van der Waals surface area contributed by atoms with E-state index in [1.165, 1.54) is 0 Å². The predicted octanol–water partition coefficient (Wildman–Crippen LogP) is 2.96. The van der Waals surface area contributed by atoms with Crippen LogP contribution in [0.5, 0.6) is 11.5 Å². The van der Waals surface area contributed by atoms with E-state index in [-0.39, 0.29) is 24.3 Å². The van der Waals surface area contributed by atoms with Crippen LogP contribution in [0.3, 0.4) is 0 Å². The Hall–Kier alpha value is -3.06. The highest BCUT2D eigenvalue weighted by Crippen LogP contribution is 2.37. The number of fused-ring (bicyclic) bond motifs is 1. The fourth-order valence-electron chi connectivity index (χ4n) is 4.60. The molecule has 2 aliphatic rings. The van der Waals surface area contributed by atoms with Crippen LogP contribution in [0.25, 0.3) is 0 Å². The molecule has 2 heterocycles. The third kappa shape index (κ3) is 4.30. The molecule has 0 bridgehead atoms. The molecule has 1 saturated heterocycles. The molecular weight excluding hydrogens is 406 g/mol. The molecule has 7 heteroatoms. The quantitative estimate of drug-likeness (QED) is 0.667. The molecule has 170 valence electrons. The first-order chi connectivity index (χ1) is 15.5. The van der Waals surface area contributed by atoms with Crippen molar-refractivity contribution in [2.75, 3.05) is 46.9 Å². The molecule has 7 nitrogen and oxygen atoms in total. The third-order valence-corrected chi connectivity index (χ3v) is 6.56. The first kappa shape index (κ1) is 22.1. The summed E-state index contributed by atoms with van der Waals surface area (Å²) in [5, 5.41) is 0. The van der Waals surface area contributed by atoms with Gasteiger partial charge in [0.1, 0.15) is 0 Å². The Balaban J connectivity index is 1.62. The lowest BCUT2D eigenvalue weighted by Gasteiger charge is -2.36. The first-order valence-corrected chi connectivity index (χ1v) is 11.2. The molecule has 0 N–H and O–H groups in total. The van der Waals surface area contributed by atoms with Gasteiger partial charge in [0.15, 0.2) is 11.5 Å². The first-order valence-electron chi connectivity index (χ1n) is 11.2. The van der Waals surface area contributed by atoms with Crippen molar-refractivity contribution in [2.45, 2.75) is 25.9 Å². The zero-order valence-corrected chi connectivity index (χ0v) is 19.0. The lowest BCUT2D eigenvalue weighted by molar-refractivity contribution is -0.134. The van der Waals surface area contributed by atoms with Gasteiger partial charge in [-0.05, 0) is 35.9 Å². The second kappa shape index (κ2) is 9.61. The Morgan fingerprint density at radius 2 is 1.72 bits per heavy atom. The van der Waals surface area contributed by atoms with Crippen molar-refractivity contribution in [3.05, 3.63) is 59.2 Å². The fourth-order valence-corrected chi connectivity index (χ4v) is 4.60. The van der Waals surface area contributed by atoms with E-state index < -0.39 is 0 Å².